The Morgan fingerprint density at radius 3 is 2.40 bits per heavy atom. The molecule has 1 nitrogen and oxygen atoms in total. The molecule has 0 aliphatic heterocycles. The number of benzene rings is 1. The topological polar surface area (TPSA) is 12.0 Å². The van der Waals surface area contributed by atoms with E-state index in [-0.39, 0.29) is 0 Å². The van der Waals surface area contributed by atoms with Crippen LogP contribution in [0.1, 0.15) is 53.1 Å². The number of nitrogens with one attached hydrogen (secondary N) is 1. The highest BCUT2D eigenvalue weighted by molar-refractivity contribution is 7.12. The van der Waals surface area contributed by atoms with Gasteiger partial charge in [-0.05, 0) is 44.0 Å². The van der Waals surface area contributed by atoms with Crippen molar-refractivity contribution in [3.8, 4) is 0 Å². The molecule has 1 aromatic heterocycles. The number of hydrogen-bond donors (Lipinski definition) is 1. The van der Waals surface area contributed by atoms with Crippen LogP contribution in [-0.2, 0) is 0 Å². The van der Waals surface area contributed by atoms with Gasteiger partial charge in [0.25, 0.3) is 0 Å². The number of hydrogen-bond acceptors (Lipinski definition) is 2. The Morgan fingerprint density at radius 1 is 1.15 bits per heavy atom. The highest BCUT2D eigenvalue weighted by atomic mass is 32.1. The van der Waals surface area contributed by atoms with E-state index in [1.807, 2.05) is 11.3 Å². The van der Waals surface area contributed by atoms with Gasteiger partial charge in [-0.2, -0.15) is 0 Å². The summed E-state index contributed by atoms with van der Waals surface area (Å²) in [6.45, 7) is 10.1. The zero-order valence-corrected chi connectivity index (χ0v) is 13.8. The van der Waals surface area contributed by atoms with Gasteiger partial charge in [-0.15, -0.1) is 11.3 Å². The first-order valence-corrected chi connectivity index (χ1v) is 8.30. The van der Waals surface area contributed by atoms with E-state index >= 15 is 0 Å². The van der Waals surface area contributed by atoms with Crippen LogP contribution in [0, 0.1) is 13.8 Å². The fraction of sp³-hybridized carbons (Fsp3) is 0.444. The fourth-order valence-electron chi connectivity index (χ4n) is 2.76. The molecule has 2 unspecified atom stereocenters. The summed E-state index contributed by atoms with van der Waals surface area (Å²) in [5.74, 6) is 0.482. The van der Waals surface area contributed by atoms with Gasteiger partial charge in [0.2, 0.25) is 0 Å². The van der Waals surface area contributed by atoms with E-state index in [0.29, 0.717) is 12.0 Å². The van der Waals surface area contributed by atoms with Crippen LogP contribution in [0.25, 0.3) is 0 Å². The molecule has 2 rings (SSSR count). The molecule has 108 valence electrons. The molecular weight excluding hydrogens is 262 g/mol. The fourth-order valence-corrected chi connectivity index (χ4v) is 3.74. The predicted molar refractivity (Wildman–Crippen MR) is 89.7 cm³/mol. The third-order valence-corrected chi connectivity index (χ3v) is 4.84. The lowest BCUT2D eigenvalue weighted by molar-refractivity contribution is 0.466. The van der Waals surface area contributed by atoms with E-state index in [9.17, 15) is 0 Å². The van der Waals surface area contributed by atoms with Crippen molar-refractivity contribution in [3.63, 3.8) is 0 Å². The number of thiophene rings is 1. The summed E-state index contributed by atoms with van der Waals surface area (Å²) in [4.78, 5) is 2.85. The molecule has 0 amide bonds. The lowest BCUT2D eigenvalue weighted by atomic mass is 9.88. The van der Waals surface area contributed by atoms with Crippen molar-refractivity contribution in [2.75, 3.05) is 6.54 Å². The summed E-state index contributed by atoms with van der Waals surface area (Å²) in [5.41, 5.74) is 2.88. The maximum absolute atomic E-state index is 3.74. The third-order valence-electron chi connectivity index (χ3n) is 3.85. The van der Waals surface area contributed by atoms with Crippen LogP contribution in [0.3, 0.4) is 0 Å². The van der Waals surface area contributed by atoms with Crippen molar-refractivity contribution in [2.45, 2.75) is 46.1 Å². The van der Waals surface area contributed by atoms with Gasteiger partial charge < -0.3 is 5.32 Å². The maximum Gasteiger partial charge on any atom is 0.0397 e. The van der Waals surface area contributed by atoms with E-state index in [4.69, 9.17) is 0 Å². The zero-order valence-electron chi connectivity index (χ0n) is 12.9. The average molecular weight is 287 g/mol. The van der Waals surface area contributed by atoms with E-state index < -0.39 is 0 Å². The summed E-state index contributed by atoms with van der Waals surface area (Å²) >= 11 is 1.90. The first-order chi connectivity index (χ1) is 9.63. The van der Waals surface area contributed by atoms with Gasteiger partial charge in [0.15, 0.2) is 0 Å². The Balaban J connectivity index is 2.30. The second-order valence-electron chi connectivity index (χ2n) is 5.50. The van der Waals surface area contributed by atoms with E-state index in [2.05, 4.69) is 69.4 Å². The Bertz CT molecular complexity index is 530. The molecule has 2 aromatic rings. The molecule has 1 N–H and O–H groups in total. The van der Waals surface area contributed by atoms with Crippen LogP contribution >= 0.6 is 11.3 Å². The monoisotopic (exact) mass is 287 g/mol. The molecule has 0 saturated heterocycles. The molecular formula is C18H25NS. The van der Waals surface area contributed by atoms with Crippen molar-refractivity contribution in [1.82, 2.24) is 5.32 Å². The lowest BCUT2D eigenvalue weighted by Crippen LogP contribution is -2.26. The molecule has 0 saturated carbocycles. The predicted octanol–water partition coefficient (Wildman–Crippen LogP) is 5.21. The minimum Gasteiger partial charge on any atom is -0.309 e. The molecule has 0 spiro atoms. The standard InChI is InChI=1S/C18H25NS/c1-5-11-19-18(17-12-13(2)20-15(17)4)14(3)16-9-7-6-8-10-16/h6-10,12,14,18-19H,5,11H2,1-4H3. The van der Waals surface area contributed by atoms with Gasteiger partial charge in [0.1, 0.15) is 0 Å². The summed E-state index contributed by atoms with van der Waals surface area (Å²) in [6.07, 6.45) is 1.17. The van der Waals surface area contributed by atoms with Crippen molar-refractivity contribution in [1.29, 1.82) is 0 Å². The molecule has 0 fully saturated rings. The van der Waals surface area contributed by atoms with Crippen LogP contribution in [0.2, 0.25) is 0 Å². The molecule has 2 heteroatoms. The molecule has 0 aliphatic rings. The number of rotatable bonds is 6. The molecule has 2 atom stereocenters. The second kappa shape index (κ2) is 7.05. The second-order valence-corrected chi connectivity index (χ2v) is 6.96. The summed E-state index contributed by atoms with van der Waals surface area (Å²) in [6, 6.07) is 13.6. The van der Waals surface area contributed by atoms with Crippen molar-refractivity contribution >= 4 is 11.3 Å². The highest BCUT2D eigenvalue weighted by Gasteiger charge is 2.22. The van der Waals surface area contributed by atoms with Crippen LogP contribution in [-0.4, -0.2) is 6.54 Å². The molecule has 0 bridgehead atoms. The van der Waals surface area contributed by atoms with Gasteiger partial charge in [-0.1, -0.05) is 44.2 Å². The van der Waals surface area contributed by atoms with E-state index in [1.165, 1.54) is 27.3 Å². The van der Waals surface area contributed by atoms with Crippen molar-refractivity contribution in [3.05, 3.63) is 57.3 Å². The lowest BCUT2D eigenvalue weighted by Gasteiger charge is -2.26. The van der Waals surface area contributed by atoms with E-state index in [0.717, 1.165) is 6.54 Å². The quantitative estimate of drug-likeness (QED) is 0.769. The van der Waals surface area contributed by atoms with Gasteiger partial charge >= 0.3 is 0 Å². The van der Waals surface area contributed by atoms with Gasteiger partial charge in [0.05, 0.1) is 0 Å². The average Bonchev–Trinajstić information content (AvgIpc) is 2.79. The van der Waals surface area contributed by atoms with Crippen molar-refractivity contribution in [2.24, 2.45) is 0 Å². The smallest absolute Gasteiger partial charge is 0.0397 e. The van der Waals surface area contributed by atoms with Crippen LogP contribution in [0.4, 0.5) is 0 Å². The normalized spacial score (nSPS) is 14.2. The Kier molecular flexibility index (Phi) is 5.38. The Morgan fingerprint density at radius 2 is 1.85 bits per heavy atom. The molecule has 1 heterocycles. The first kappa shape index (κ1) is 15.3. The Labute approximate surface area is 127 Å². The van der Waals surface area contributed by atoms with Crippen LogP contribution < -0.4 is 5.32 Å². The van der Waals surface area contributed by atoms with Gasteiger partial charge in [-0.25, -0.2) is 0 Å². The highest BCUT2D eigenvalue weighted by Crippen LogP contribution is 2.35. The summed E-state index contributed by atoms with van der Waals surface area (Å²) < 4.78 is 0. The van der Waals surface area contributed by atoms with Crippen LogP contribution in [0.5, 0.6) is 0 Å². The molecule has 0 aliphatic carbocycles. The van der Waals surface area contributed by atoms with Gasteiger partial charge in [-0.3, -0.25) is 0 Å². The summed E-state index contributed by atoms with van der Waals surface area (Å²) in [7, 11) is 0. The first-order valence-electron chi connectivity index (χ1n) is 7.48. The number of aryl methyl sites for hydroxylation is 2. The minimum absolute atomic E-state index is 0.405. The van der Waals surface area contributed by atoms with Crippen molar-refractivity contribution < 1.29 is 0 Å². The third kappa shape index (κ3) is 3.50. The Hall–Kier alpha value is -1.12. The van der Waals surface area contributed by atoms with Crippen LogP contribution in [0.15, 0.2) is 36.4 Å². The largest absolute Gasteiger partial charge is 0.309 e. The minimum atomic E-state index is 0.405. The molecule has 20 heavy (non-hydrogen) atoms. The van der Waals surface area contributed by atoms with Gasteiger partial charge in [0, 0.05) is 21.7 Å². The maximum atomic E-state index is 3.74. The molecule has 0 radical (unpaired) electrons. The van der Waals surface area contributed by atoms with E-state index in [1.54, 1.807) is 0 Å². The summed E-state index contributed by atoms with van der Waals surface area (Å²) in [5, 5.41) is 3.74. The zero-order chi connectivity index (χ0) is 14.5. The molecule has 1 aromatic carbocycles. The SMILES string of the molecule is CCCNC(c1cc(C)sc1C)C(C)c1ccccc1.